The van der Waals surface area contributed by atoms with Gasteiger partial charge in [-0.2, -0.15) is 0 Å². The third-order valence-corrected chi connectivity index (χ3v) is 2.55. The molecule has 3 N–H and O–H groups in total. The lowest BCUT2D eigenvalue weighted by atomic mass is 10.1. The van der Waals surface area contributed by atoms with E-state index in [1.807, 2.05) is 0 Å². The number of aromatic hydroxyl groups is 1. The van der Waals surface area contributed by atoms with Crippen LogP contribution in [0.25, 0.3) is 0 Å². The molecule has 0 aliphatic heterocycles. The largest absolute Gasteiger partial charge is 0.508 e. The normalized spacial score (nSPS) is 14.9. The molecule has 0 bridgehead atoms. The molecule has 0 aromatic heterocycles. The monoisotopic (exact) mass is 209 g/mol. The van der Waals surface area contributed by atoms with Gasteiger partial charge in [0.15, 0.2) is 0 Å². The highest BCUT2D eigenvalue weighted by molar-refractivity contribution is 5.27. The number of aliphatic hydroxyl groups excluding tert-OH is 1. The first-order chi connectivity index (χ1) is 7.13. The summed E-state index contributed by atoms with van der Waals surface area (Å²) in [5, 5.41) is 22.1. The van der Waals surface area contributed by atoms with Crippen molar-refractivity contribution >= 4 is 0 Å². The van der Waals surface area contributed by atoms with Crippen molar-refractivity contribution in [2.24, 2.45) is 0 Å². The topological polar surface area (TPSA) is 52.5 Å². The number of hydrogen-bond donors (Lipinski definition) is 3. The van der Waals surface area contributed by atoms with Gasteiger partial charge >= 0.3 is 0 Å². The van der Waals surface area contributed by atoms with Crippen molar-refractivity contribution in [3.05, 3.63) is 29.8 Å². The van der Waals surface area contributed by atoms with Crippen molar-refractivity contribution in [3.63, 3.8) is 0 Å². The molecule has 1 rings (SSSR count). The molecule has 0 saturated heterocycles. The molecule has 84 valence electrons. The molecule has 0 aliphatic rings. The molecule has 1 aromatic rings. The van der Waals surface area contributed by atoms with Crippen molar-refractivity contribution in [3.8, 4) is 5.75 Å². The Morgan fingerprint density at radius 2 is 1.87 bits per heavy atom. The molecule has 0 aliphatic carbocycles. The average Bonchev–Trinajstić information content (AvgIpc) is 2.26. The SMILES string of the molecule is CCC(C)NCC(O)c1ccc(O)cc1. The molecular formula is C12H19NO2. The van der Waals surface area contributed by atoms with Crippen molar-refractivity contribution in [1.82, 2.24) is 5.32 Å². The summed E-state index contributed by atoms with van der Waals surface area (Å²) in [7, 11) is 0. The van der Waals surface area contributed by atoms with E-state index in [0.29, 0.717) is 12.6 Å². The van der Waals surface area contributed by atoms with Gasteiger partial charge in [-0.1, -0.05) is 19.1 Å². The highest BCUT2D eigenvalue weighted by atomic mass is 16.3. The highest BCUT2D eigenvalue weighted by Crippen LogP contribution is 2.16. The van der Waals surface area contributed by atoms with Crippen LogP contribution in [-0.4, -0.2) is 22.8 Å². The summed E-state index contributed by atoms with van der Waals surface area (Å²) in [5.41, 5.74) is 0.823. The number of rotatable bonds is 5. The molecule has 2 atom stereocenters. The van der Waals surface area contributed by atoms with E-state index in [0.717, 1.165) is 12.0 Å². The van der Waals surface area contributed by atoms with Crippen molar-refractivity contribution < 1.29 is 10.2 Å². The third-order valence-electron chi connectivity index (χ3n) is 2.55. The maximum absolute atomic E-state index is 9.81. The lowest BCUT2D eigenvalue weighted by Gasteiger charge is -2.16. The number of hydrogen-bond acceptors (Lipinski definition) is 3. The zero-order valence-corrected chi connectivity index (χ0v) is 9.27. The van der Waals surface area contributed by atoms with Crippen molar-refractivity contribution in [1.29, 1.82) is 0 Å². The van der Waals surface area contributed by atoms with Crippen LogP contribution >= 0.6 is 0 Å². The smallest absolute Gasteiger partial charge is 0.115 e. The molecule has 0 fully saturated rings. The quantitative estimate of drug-likeness (QED) is 0.693. The number of phenols is 1. The molecule has 15 heavy (non-hydrogen) atoms. The summed E-state index contributed by atoms with van der Waals surface area (Å²) in [5.74, 6) is 0.223. The summed E-state index contributed by atoms with van der Waals surface area (Å²) < 4.78 is 0. The Labute approximate surface area is 90.8 Å². The summed E-state index contributed by atoms with van der Waals surface area (Å²) in [4.78, 5) is 0. The lowest BCUT2D eigenvalue weighted by molar-refractivity contribution is 0.170. The van der Waals surface area contributed by atoms with Crippen LogP contribution in [-0.2, 0) is 0 Å². The van der Waals surface area contributed by atoms with Crippen LogP contribution in [0.15, 0.2) is 24.3 Å². The zero-order chi connectivity index (χ0) is 11.3. The zero-order valence-electron chi connectivity index (χ0n) is 9.27. The van der Waals surface area contributed by atoms with E-state index < -0.39 is 6.10 Å². The molecule has 0 radical (unpaired) electrons. The van der Waals surface area contributed by atoms with Gasteiger partial charge in [-0.15, -0.1) is 0 Å². The maximum Gasteiger partial charge on any atom is 0.115 e. The van der Waals surface area contributed by atoms with E-state index >= 15 is 0 Å². The Morgan fingerprint density at radius 3 is 2.40 bits per heavy atom. The fourth-order valence-corrected chi connectivity index (χ4v) is 1.27. The minimum atomic E-state index is -0.514. The molecule has 0 saturated carbocycles. The van der Waals surface area contributed by atoms with Crippen molar-refractivity contribution in [2.75, 3.05) is 6.54 Å². The molecular weight excluding hydrogens is 190 g/mol. The Hall–Kier alpha value is -1.06. The van der Waals surface area contributed by atoms with Crippen LogP contribution in [0.1, 0.15) is 31.9 Å². The second-order valence-corrected chi connectivity index (χ2v) is 3.82. The predicted octanol–water partition coefficient (Wildman–Crippen LogP) is 1.81. The Bertz CT molecular complexity index is 284. The van der Waals surface area contributed by atoms with Crippen molar-refractivity contribution in [2.45, 2.75) is 32.4 Å². The highest BCUT2D eigenvalue weighted by Gasteiger charge is 2.08. The van der Waals surface area contributed by atoms with Gasteiger partial charge < -0.3 is 15.5 Å². The molecule has 0 spiro atoms. The molecule has 3 nitrogen and oxygen atoms in total. The van der Waals surface area contributed by atoms with E-state index in [1.165, 1.54) is 0 Å². The number of phenolic OH excluding ortho intramolecular Hbond substituents is 1. The van der Waals surface area contributed by atoms with Crippen LogP contribution in [0.4, 0.5) is 0 Å². The van der Waals surface area contributed by atoms with E-state index in [-0.39, 0.29) is 5.75 Å². The average molecular weight is 209 g/mol. The summed E-state index contributed by atoms with van der Waals surface area (Å²) in [6.45, 7) is 4.73. The summed E-state index contributed by atoms with van der Waals surface area (Å²) in [6, 6.07) is 7.05. The van der Waals surface area contributed by atoms with Gasteiger partial charge in [-0.25, -0.2) is 0 Å². The molecule has 1 aromatic carbocycles. The van der Waals surface area contributed by atoms with Gasteiger partial charge in [-0.05, 0) is 31.0 Å². The van der Waals surface area contributed by atoms with Gasteiger partial charge in [0.1, 0.15) is 5.75 Å². The number of nitrogens with one attached hydrogen (secondary N) is 1. The van der Waals surface area contributed by atoms with Gasteiger partial charge in [0, 0.05) is 12.6 Å². The second kappa shape index (κ2) is 5.73. The van der Waals surface area contributed by atoms with Crippen LogP contribution in [0.5, 0.6) is 5.75 Å². The van der Waals surface area contributed by atoms with Crippen LogP contribution in [0, 0.1) is 0 Å². The first-order valence-corrected chi connectivity index (χ1v) is 5.34. The first kappa shape index (κ1) is 12.0. The maximum atomic E-state index is 9.81. The van der Waals surface area contributed by atoms with E-state index in [4.69, 9.17) is 5.11 Å². The minimum Gasteiger partial charge on any atom is -0.508 e. The van der Waals surface area contributed by atoms with E-state index in [1.54, 1.807) is 24.3 Å². The van der Waals surface area contributed by atoms with Gasteiger partial charge in [0.2, 0.25) is 0 Å². The summed E-state index contributed by atoms with van der Waals surface area (Å²) in [6.07, 6.45) is 0.530. The second-order valence-electron chi connectivity index (χ2n) is 3.82. The molecule has 0 heterocycles. The van der Waals surface area contributed by atoms with Gasteiger partial charge in [-0.3, -0.25) is 0 Å². The first-order valence-electron chi connectivity index (χ1n) is 5.34. The Kier molecular flexibility index (Phi) is 4.59. The van der Waals surface area contributed by atoms with E-state index in [2.05, 4.69) is 19.2 Å². The lowest BCUT2D eigenvalue weighted by Crippen LogP contribution is -2.29. The van der Waals surface area contributed by atoms with Crippen LogP contribution in [0.2, 0.25) is 0 Å². The fourth-order valence-electron chi connectivity index (χ4n) is 1.27. The number of aliphatic hydroxyl groups is 1. The summed E-state index contributed by atoms with van der Waals surface area (Å²) >= 11 is 0. The van der Waals surface area contributed by atoms with Crippen LogP contribution < -0.4 is 5.32 Å². The standard InChI is InChI=1S/C12H19NO2/c1-3-9(2)13-8-12(15)10-4-6-11(14)7-5-10/h4-7,9,12-15H,3,8H2,1-2H3. The van der Waals surface area contributed by atoms with Gasteiger partial charge in [0.05, 0.1) is 6.10 Å². The minimum absolute atomic E-state index is 0.223. The molecule has 0 amide bonds. The van der Waals surface area contributed by atoms with Crippen LogP contribution in [0.3, 0.4) is 0 Å². The molecule has 3 heteroatoms. The van der Waals surface area contributed by atoms with E-state index in [9.17, 15) is 5.11 Å². The Balaban J connectivity index is 2.46. The predicted molar refractivity (Wildman–Crippen MR) is 60.8 cm³/mol. The Morgan fingerprint density at radius 1 is 1.27 bits per heavy atom. The molecule has 2 unspecified atom stereocenters. The fraction of sp³-hybridized carbons (Fsp3) is 0.500. The third kappa shape index (κ3) is 3.90. The number of benzene rings is 1. The van der Waals surface area contributed by atoms with Gasteiger partial charge in [0.25, 0.3) is 0 Å².